The van der Waals surface area contributed by atoms with Gasteiger partial charge in [0.15, 0.2) is 0 Å². The van der Waals surface area contributed by atoms with Crippen molar-refractivity contribution in [2.75, 3.05) is 6.26 Å². The topological polar surface area (TPSA) is 71.1 Å². The molecular weight excluding hydrogens is 406 g/mol. The van der Waals surface area contributed by atoms with Crippen LogP contribution in [-0.4, -0.2) is 28.6 Å². The summed E-state index contributed by atoms with van der Waals surface area (Å²) in [6.45, 7) is 0.485. The van der Waals surface area contributed by atoms with Gasteiger partial charge in [0.2, 0.25) is 11.8 Å². The lowest BCUT2D eigenvalue weighted by Crippen LogP contribution is -2.44. The molecule has 4 rings (SSSR count). The Morgan fingerprint density at radius 3 is 2.71 bits per heavy atom. The number of rotatable bonds is 8. The number of benzene rings is 2. The highest BCUT2D eigenvalue weighted by atomic mass is 32.2. The van der Waals surface area contributed by atoms with Crippen LogP contribution in [0, 0.1) is 0 Å². The summed E-state index contributed by atoms with van der Waals surface area (Å²) in [6, 6.07) is 18.4. The molecule has 31 heavy (non-hydrogen) atoms. The first-order valence-electron chi connectivity index (χ1n) is 10.6. The van der Waals surface area contributed by atoms with E-state index in [2.05, 4.69) is 52.2 Å². The molecule has 3 aromatic rings. The van der Waals surface area contributed by atoms with Crippen LogP contribution in [0.15, 0.2) is 65.7 Å². The van der Waals surface area contributed by atoms with Crippen LogP contribution in [0.5, 0.6) is 0 Å². The number of fused-ring (bicyclic) bond motifs is 1. The summed E-state index contributed by atoms with van der Waals surface area (Å²) < 4.78 is 0. The van der Waals surface area contributed by atoms with E-state index in [4.69, 9.17) is 0 Å². The molecule has 2 aromatic carbocycles. The number of nitrogens with one attached hydrogen (secondary N) is 2. The van der Waals surface area contributed by atoms with Crippen molar-refractivity contribution in [3.05, 3.63) is 71.9 Å². The van der Waals surface area contributed by atoms with Gasteiger partial charge < -0.3 is 10.6 Å². The minimum atomic E-state index is -0.343. The Morgan fingerprint density at radius 2 is 1.97 bits per heavy atom. The van der Waals surface area contributed by atoms with E-state index in [-0.39, 0.29) is 17.4 Å². The van der Waals surface area contributed by atoms with Crippen molar-refractivity contribution < 1.29 is 9.59 Å². The van der Waals surface area contributed by atoms with Crippen molar-refractivity contribution in [3.8, 4) is 0 Å². The maximum absolute atomic E-state index is 12.6. The van der Waals surface area contributed by atoms with Crippen molar-refractivity contribution in [1.29, 1.82) is 0 Å². The summed E-state index contributed by atoms with van der Waals surface area (Å²) in [4.78, 5) is 30.1. The number of aromatic nitrogens is 1. The Bertz CT molecular complexity index is 1080. The molecule has 1 saturated heterocycles. The molecule has 1 aromatic heterocycles. The smallest absolute Gasteiger partial charge is 0.220 e. The Morgan fingerprint density at radius 1 is 1.16 bits per heavy atom. The first kappa shape index (κ1) is 21.4. The van der Waals surface area contributed by atoms with Gasteiger partial charge in [-0.15, -0.1) is 11.8 Å². The lowest BCUT2D eigenvalue weighted by molar-refractivity contribution is -0.122. The Labute approximate surface area is 187 Å². The summed E-state index contributed by atoms with van der Waals surface area (Å²) in [7, 11) is 0. The van der Waals surface area contributed by atoms with Gasteiger partial charge in [-0.25, -0.2) is 0 Å². The molecule has 0 unspecified atom stereocenters. The third kappa shape index (κ3) is 5.44. The molecule has 5 nitrogen and oxygen atoms in total. The average Bonchev–Trinajstić information content (AvgIpc) is 3.17. The summed E-state index contributed by atoms with van der Waals surface area (Å²) in [5.74, 6) is 0.0791. The first-order valence-corrected chi connectivity index (χ1v) is 11.8. The van der Waals surface area contributed by atoms with E-state index in [1.165, 1.54) is 10.5 Å². The summed E-state index contributed by atoms with van der Waals surface area (Å²) in [6.07, 6.45) is 6.89. The first-order chi connectivity index (χ1) is 15.0. The highest BCUT2D eigenvalue weighted by Gasteiger charge is 2.37. The lowest BCUT2D eigenvalue weighted by Gasteiger charge is -2.29. The van der Waals surface area contributed by atoms with Crippen LogP contribution < -0.4 is 10.6 Å². The van der Waals surface area contributed by atoms with Gasteiger partial charge in [-0.05, 0) is 67.0 Å². The molecule has 1 atom stereocenters. The third-order valence-corrected chi connectivity index (χ3v) is 6.67. The van der Waals surface area contributed by atoms with Gasteiger partial charge in [0, 0.05) is 41.4 Å². The zero-order chi connectivity index (χ0) is 21.7. The van der Waals surface area contributed by atoms with E-state index < -0.39 is 0 Å². The second-order valence-electron chi connectivity index (χ2n) is 8.16. The van der Waals surface area contributed by atoms with Gasteiger partial charge in [-0.1, -0.05) is 24.3 Å². The minimum Gasteiger partial charge on any atom is -0.352 e. The number of nitrogens with zero attached hydrogens (tertiary/aromatic N) is 1. The number of amides is 2. The number of pyridine rings is 1. The lowest BCUT2D eigenvalue weighted by atomic mass is 9.85. The van der Waals surface area contributed by atoms with Crippen molar-refractivity contribution >= 4 is 34.5 Å². The Kier molecular flexibility index (Phi) is 6.56. The molecule has 0 aliphatic carbocycles. The van der Waals surface area contributed by atoms with Crippen LogP contribution in [0.4, 0.5) is 0 Å². The molecule has 0 saturated carbocycles. The number of thioether (sulfide) groups is 1. The van der Waals surface area contributed by atoms with Crippen LogP contribution >= 0.6 is 11.8 Å². The predicted molar refractivity (Wildman–Crippen MR) is 125 cm³/mol. The highest BCUT2D eigenvalue weighted by molar-refractivity contribution is 7.98. The molecule has 0 radical (unpaired) electrons. The summed E-state index contributed by atoms with van der Waals surface area (Å²) in [5.41, 5.74) is 2.84. The fourth-order valence-electron chi connectivity index (χ4n) is 4.19. The van der Waals surface area contributed by atoms with Gasteiger partial charge in [0.05, 0.1) is 5.52 Å². The maximum atomic E-state index is 12.6. The highest BCUT2D eigenvalue weighted by Crippen LogP contribution is 2.30. The number of carbonyl (C=O) groups excluding carboxylic acids is 2. The Balaban J connectivity index is 1.35. The quantitative estimate of drug-likeness (QED) is 0.521. The zero-order valence-electron chi connectivity index (χ0n) is 17.7. The third-order valence-electron chi connectivity index (χ3n) is 5.92. The van der Waals surface area contributed by atoms with Crippen molar-refractivity contribution in [3.63, 3.8) is 0 Å². The number of hydrogen-bond donors (Lipinski definition) is 2. The monoisotopic (exact) mass is 433 g/mol. The molecular formula is C25H27N3O2S. The van der Waals surface area contributed by atoms with Crippen LogP contribution in [0.3, 0.4) is 0 Å². The SMILES string of the molecule is CSc1ccc(C[C@@]2(CCC(=O)NCc3ccc4ncccc4c3)CCC(=O)N2)cc1. The van der Waals surface area contributed by atoms with E-state index in [1.807, 2.05) is 24.3 Å². The molecule has 0 bridgehead atoms. The molecule has 2 N–H and O–H groups in total. The van der Waals surface area contributed by atoms with Gasteiger partial charge in [-0.3, -0.25) is 14.6 Å². The van der Waals surface area contributed by atoms with E-state index in [9.17, 15) is 9.59 Å². The number of hydrogen-bond acceptors (Lipinski definition) is 4. The van der Waals surface area contributed by atoms with Gasteiger partial charge >= 0.3 is 0 Å². The van der Waals surface area contributed by atoms with E-state index in [0.29, 0.717) is 25.8 Å². The van der Waals surface area contributed by atoms with Gasteiger partial charge in [0.1, 0.15) is 0 Å². The fourth-order valence-corrected chi connectivity index (χ4v) is 4.60. The van der Waals surface area contributed by atoms with E-state index in [1.54, 1.807) is 18.0 Å². The molecule has 1 aliphatic heterocycles. The van der Waals surface area contributed by atoms with Gasteiger partial charge in [-0.2, -0.15) is 0 Å². The van der Waals surface area contributed by atoms with Gasteiger partial charge in [0.25, 0.3) is 0 Å². The minimum absolute atomic E-state index is 0.00420. The zero-order valence-corrected chi connectivity index (χ0v) is 18.5. The van der Waals surface area contributed by atoms with Crippen LogP contribution in [-0.2, 0) is 22.6 Å². The fraction of sp³-hybridized carbons (Fsp3) is 0.320. The standard InChI is InChI=1S/C25H27N3O2S/c1-31-21-7-4-18(5-8-21)16-25(13-11-24(30)28-25)12-10-23(29)27-17-19-6-9-22-20(15-19)3-2-14-26-22/h2-9,14-15H,10-13,16-17H2,1H3,(H,27,29)(H,28,30)/t25-/m1/s1. The molecule has 2 amide bonds. The predicted octanol–water partition coefficient (Wildman–Crippen LogP) is 4.24. The molecule has 160 valence electrons. The summed E-state index contributed by atoms with van der Waals surface area (Å²) in [5, 5.41) is 7.25. The molecule has 1 fully saturated rings. The molecule has 2 heterocycles. The largest absolute Gasteiger partial charge is 0.352 e. The van der Waals surface area contributed by atoms with Crippen molar-refractivity contribution in [2.45, 2.75) is 49.1 Å². The second kappa shape index (κ2) is 9.52. The normalized spacial score (nSPS) is 18.2. The molecule has 0 spiro atoms. The van der Waals surface area contributed by atoms with E-state index >= 15 is 0 Å². The molecule has 1 aliphatic rings. The molecule has 6 heteroatoms. The Hall–Kier alpha value is -2.86. The second-order valence-corrected chi connectivity index (χ2v) is 9.04. The van der Waals surface area contributed by atoms with Crippen molar-refractivity contribution in [1.82, 2.24) is 15.6 Å². The van der Waals surface area contributed by atoms with Crippen LogP contribution in [0.2, 0.25) is 0 Å². The maximum Gasteiger partial charge on any atom is 0.220 e. The van der Waals surface area contributed by atoms with Crippen molar-refractivity contribution in [2.24, 2.45) is 0 Å². The van der Waals surface area contributed by atoms with Crippen LogP contribution in [0.1, 0.15) is 36.8 Å². The van der Waals surface area contributed by atoms with Crippen LogP contribution in [0.25, 0.3) is 10.9 Å². The summed E-state index contributed by atoms with van der Waals surface area (Å²) >= 11 is 1.71. The van der Waals surface area contributed by atoms with E-state index in [0.717, 1.165) is 29.3 Å². The number of carbonyl (C=O) groups is 2. The average molecular weight is 434 g/mol.